The Balaban J connectivity index is 1.69. The highest BCUT2D eigenvalue weighted by Gasteiger charge is 2.33. The second kappa shape index (κ2) is 5.69. The van der Waals surface area contributed by atoms with Gasteiger partial charge in [-0.25, -0.2) is 9.78 Å². The van der Waals surface area contributed by atoms with Gasteiger partial charge >= 0.3 is 5.97 Å². The number of hydrogen-bond donors (Lipinski definition) is 1. The van der Waals surface area contributed by atoms with Gasteiger partial charge in [-0.3, -0.25) is 4.79 Å². The summed E-state index contributed by atoms with van der Waals surface area (Å²) >= 11 is 1.44. The lowest BCUT2D eigenvalue weighted by molar-refractivity contribution is -0.148. The molecule has 0 bridgehead atoms. The van der Waals surface area contributed by atoms with Crippen LogP contribution in [0.3, 0.4) is 0 Å². The van der Waals surface area contributed by atoms with Gasteiger partial charge in [-0.1, -0.05) is 0 Å². The van der Waals surface area contributed by atoms with E-state index in [0.29, 0.717) is 18.7 Å². The topological polar surface area (TPSA) is 83.6 Å². The van der Waals surface area contributed by atoms with Crippen LogP contribution in [0.25, 0.3) is 10.6 Å². The molecule has 1 aliphatic rings. The lowest BCUT2D eigenvalue weighted by Crippen LogP contribution is -2.41. The van der Waals surface area contributed by atoms with Gasteiger partial charge in [0.05, 0.1) is 18.4 Å². The first-order chi connectivity index (χ1) is 10.1. The maximum absolute atomic E-state index is 12.2. The first-order valence-electron chi connectivity index (χ1n) is 6.64. The van der Waals surface area contributed by atoms with Crippen LogP contribution in [0.2, 0.25) is 0 Å². The highest BCUT2D eigenvalue weighted by molar-refractivity contribution is 7.13. The van der Waals surface area contributed by atoms with Crippen LogP contribution < -0.4 is 0 Å². The minimum Gasteiger partial charge on any atom is -0.480 e. The van der Waals surface area contributed by atoms with Crippen LogP contribution in [0, 0.1) is 0 Å². The minimum atomic E-state index is -0.932. The zero-order valence-corrected chi connectivity index (χ0v) is 12.0. The van der Waals surface area contributed by atoms with Crippen molar-refractivity contribution in [3.63, 3.8) is 0 Å². The van der Waals surface area contributed by atoms with Crippen LogP contribution in [0.15, 0.2) is 28.4 Å². The van der Waals surface area contributed by atoms with Crippen molar-refractivity contribution in [2.24, 2.45) is 0 Å². The van der Waals surface area contributed by atoms with E-state index >= 15 is 0 Å². The number of thiazole rings is 1. The van der Waals surface area contributed by atoms with Crippen LogP contribution in [-0.2, 0) is 16.0 Å². The highest BCUT2D eigenvalue weighted by Crippen LogP contribution is 2.25. The summed E-state index contributed by atoms with van der Waals surface area (Å²) < 4.78 is 5.01. The predicted molar refractivity (Wildman–Crippen MR) is 75.9 cm³/mol. The third kappa shape index (κ3) is 2.82. The molecule has 1 atom stereocenters. The van der Waals surface area contributed by atoms with E-state index < -0.39 is 12.0 Å². The Labute approximate surface area is 125 Å². The van der Waals surface area contributed by atoms with E-state index in [1.807, 2.05) is 11.4 Å². The average Bonchev–Trinajstić information content (AvgIpc) is 3.19. The van der Waals surface area contributed by atoms with Gasteiger partial charge in [0.2, 0.25) is 5.91 Å². The molecule has 0 radical (unpaired) electrons. The second-order valence-electron chi connectivity index (χ2n) is 4.92. The fraction of sp³-hybridized carbons (Fsp3) is 0.357. The summed E-state index contributed by atoms with van der Waals surface area (Å²) in [5, 5.41) is 11.7. The van der Waals surface area contributed by atoms with E-state index in [9.17, 15) is 9.59 Å². The lowest BCUT2D eigenvalue weighted by atomic mass is 10.2. The maximum Gasteiger partial charge on any atom is 0.326 e. The number of aliphatic carboxylic acids is 1. The van der Waals surface area contributed by atoms with Crippen LogP contribution in [0.5, 0.6) is 0 Å². The molecule has 3 heterocycles. The number of carboxylic acids is 1. The monoisotopic (exact) mass is 306 g/mol. The summed E-state index contributed by atoms with van der Waals surface area (Å²) in [7, 11) is 0. The number of rotatable bonds is 4. The third-order valence-electron chi connectivity index (χ3n) is 3.51. The van der Waals surface area contributed by atoms with E-state index in [1.165, 1.54) is 16.2 Å². The smallest absolute Gasteiger partial charge is 0.326 e. The molecule has 0 saturated carbocycles. The summed E-state index contributed by atoms with van der Waals surface area (Å²) in [5.41, 5.74) is 1.54. The Hall–Kier alpha value is -2.15. The standard InChI is InChI=1S/C14H14N2O4S/c17-12(16-4-1-2-11(16)14(18)19)6-10-8-21-13(15-10)9-3-5-20-7-9/h3,5,7-8,11H,1-2,4,6H2,(H,18,19). The number of carboxylic acid groups (broad SMARTS) is 1. The molecule has 1 N–H and O–H groups in total. The van der Waals surface area contributed by atoms with Crippen molar-refractivity contribution in [1.82, 2.24) is 9.88 Å². The molecule has 1 fully saturated rings. The molecule has 6 nitrogen and oxygen atoms in total. The largest absolute Gasteiger partial charge is 0.480 e. The number of carbonyl (C=O) groups excluding carboxylic acids is 1. The Morgan fingerprint density at radius 3 is 3.10 bits per heavy atom. The molecule has 0 spiro atoms. The molecule has 1 amide bonds. The maximum atomic E-state index is 12.2. The van der Waals surface area contributed by atoms with E-state index in [1.54, 1.807) is 12.5 Å². The van der Waals surface area contributed by atoms with Crippen molar-refractivity contribution in [3.05, 3.63) is 29.7 Å². The van der Waals surface area contributed by atoms with Crippen LogP contribution in [-0.4, -0.2) is 39.5 Å². The summed E-state index contributed by atoms with van der Waals surface area (Å²) in [6.45, 7) is 0.508. The number of hydrogen-bond acceptors (Lipinski definition) is 5. The normalized spacial score (nSPS) is 18.1. The zero-order chi connectivity index (χ0) is 14.8. The molecule has 7 heteroatoms. The fourth-order valence-corrected chi connectivity index (χ4v) is 3.29. The molecule has 1 saturated heterocycles. The third-order valence-corrected chi connectivity index (χ3v) is 4.45. The van der Waals surface area contributed by atoms with Gasteiger partial charge in [0.1, 0.15) is 17.3 Å². The molecular formula is C14H14N2O4S. The first kappa shape index (κ1) is 13.8. The number of furan rings is 1. The summed E-state index contributed by atoms with van der Waals surface area (Å²) in [5.74, 6) is -1.11. The van der Waals surface area contributed by atoms with Gasteiger partial charge in [-0.05, 0) is 18.9 Å². The fourth-order valence-electron chi connectivity index (χ4n) is 2.49. The van der Waals surface area contributed by atoms with Crippen molar-refractivity contribution in [1.29, 1.82) is 0 Å². The van der Waals surface area contributed by atoms with Crippen molar-refractivity contribution in [3.8, 4) is 10.6 Å². The Morgan fingerprint density at radius 2 is 2.38 bits per heavy atom. The minimum absolute atomic E-state index is 0.137. The van der Waals surface area contributed by atoms with Crippen molar-refractivity contribution in [2.45, 2.75) is 25.3 Å². The molecule has 1 unspecified atom stereocenters. The summed E-state index contributed by atoms with van der Waals surface area (Å²) in [6.07, 6.45) is 4.57. The van der Waals surface area contributed by atoms with Crippen LogP contribution in [0.1, 0.15) is 18.5 Å². The predicted octanol–water partition coefficient (Wildman–Crippen LogP) is 2.02. The number of carbonyl (C=O) groups is 2. The molecule has 2 aromatic heterocycles. The highest BCUT2D eigenvalue weighted by atomic mass is 32.1. The number of amides is 1. The SMILES string of the molecule is O=C(O)C1CCCN1C(=O)Cc1csc(-c2ccoc2)n1. The van der Waals surface area contributed by atoms with Crippen molar-refractivity contribution < 1.29 is 19.1 Å². The number of likely N-dealkylation sites (tertiary alicyclic amines) is 1. The number of aromatic nitrogens is 1. The lowest BCUT2D eigenvalue weighted by Gasteiger charge is -2.20. The van der Waals surface area contributed by atoms with Gasteiger partial charge in [-0.2, -0.15) is 0 Å². The zero-order valence-electron chi connectivity index (χ0n) is 11.2. The molecular weight excluding hydrogens is 292 g/mol. The Kier molecular flexibility index (Phi) is 3.74. The average molecular weight is 306 g/mol. The van der Waals surface area contributed by atoms with Gasteiger partial charge in [0.15, 0.2) is 0 Å². The summed E-state index contributed by atoms with van der Waals surface area (Å²) in [6, 6.07) is 1.12. The number of nitrogens with zero attached hydrogens (tertiary/aromatic N) is 2. The van der Waals surface area contributed by atoms with Gasteiger partial charge in [-0.15, -0.1) is 11.3 Å². The van der Waals surface area contributed by atoms with E-state index in [-0.39, 0.29) is 12.3 Å². The van der Waals surface area contributed by atoms with E-state index in [2.05, 4.69) is 4.98 Å². The van der Waals surface area contributed by atoms with Crippen molar-refractivity contribution >= 4 is 23.2 Å². The Morgan fingerprint density at radius 1 is 1.52 bits per heavy atom. The molecule has 0 aliphatic carbocycles. The van der Waals surface area contributed by atoms with Gasteiger partial charge in [0.25, 0.3) is 0 Å². The second-order valence-corrected chi connectivity index (χ2v) is 5.77. The van der Waals surface area contributed by atoms with Crippen LogP contribution >= 0.6 is 11.3 Å². The van der Waals surface area contributed by atoms with Crippen molar-refractivity contribution in [2.75, 3.05) is 6.54 Å². The first-order valence-corrected chi connectivity index (χ1v) is 7.52. The van der Waals surface area contributed by atoms with Gasteiger partial charge < -0.3 is 14.4 Å². The molecule has 3 rings (SSSR count). The quantitative estimate of drug-likeness (QED) is 0.934. The molecule has 21 heavy (non-hydrogen) atoms. The van der Waals surface area contributed by atoms with Gasteiger partial charge in [0, 0.05) is 17.5 Å². The molecule has 2 aromatic rings. The van der Waals surface area contributed by atoms with Crippen LogP contribution in [0.4, 0.5) is 0 Å². The summed E-state index contributed by atoms with van der Waals surface area (Å²) in [4.78, 5) is 29.2. The van der Waals surface area contributed by atoms with E-state index in [4.69, 9.17) is 9.52 Å². The molecule has 1 aliphatic heterocycles. The molecule has 110 valence electrons. The Bertz CT molecular complexity index is 650. The van der Waals surface area contributed by atoms with E-state index in [0.717, 1.165) is 17.0 Å². The molecule has 0 aromatic carbocycles.